The molecule has 3 rings (SSSR count). The summed E-state index contributed by atoms with van der Waals surface area (Å²) in [6, 6.07) is 15.2. The molecule has 4 heteroatoms. The zero-order valence-electron chi connectivity index (χ0n) is 12.9. The predicted octanol–water partition coefficient (Wildman–Crippen LogP) is 4.99. The van der Waals surface area contributed by atoms with Crippen LogP contribution in [0.2, 0.25) is 5.02 Å². The van der Waals surface area contributed by atoms with Crippen LogP contribution in [0.3, 0.4) is 0 Å². The number of benzene rings is 2. The number of rotatable bonds is 5. The van der Waals surface area contributed by atoms with Gasteiger partial charge in [-0.05, 0) is 36.2 Å². The summed E-state index contributed by atoms with van der Waals surface area (Å²) in [5.41, 5.74) is 3.45. The molecule has 0 fully saturated rings. The fourth-order valence-corrected chi connectivity index (χ4v) is 3.17. The van der Waals surface area contributed by atoms with Crippen molar-refractivity contribution in [1.29, 1.82) is 0 Å². The molecule has 0 bridgehead atoms. The zero-order valence-corrected chi connectivity index (χ0v) is 13.7. The molecule has 0 unspecified atom stereocenters. The lowest BCUT2D eigenvalue weighted by molar-refractivity contribution is 0.0699. The van der Waals surface area contributed by atoms with Gasteiger partial charge in [-0.2, -0.15) is 0 Å². The summed E-state index contributed by atoms with van der Waals surface area (Å²) >= 11 is 6.30. The third-order valence-corrected chi connectivity index (χ3v) is 4.42. The minimum Gasteiger partial charge on any atom is -0.478 e. The second-order valence-corrected chi connectivity index (χ2v) is 6.01. The highest BCUT2D eigenvalue weighted by molar-refractivity contribution is 6.31. The molecular formula is C19H18ClNO2. The molecule has 1 N–H and O–H groups in total. The van der Waals surface area contributed by atoms with Crippen molar-refractivity contribution in [3.05, 3.63) is 70.4 Å². The molecule has 23 heavy (non-hydrogen) atoms. The molecule has 3 nitrogen and oxygen atoms in total. The zero-order chi connectivity index (χ0) is 16.4. The molecule has 0 aliphatic heterocycles. The average molecular weight is 328 g/mol. The minimum absolute atomic E-state index is 0.345. The Bertz CT molecular complexity index is 867. The van der Waals surface area contributed by atoms with E-state index in [2.05, 4.69) is 11.5 Å². The van der Waals surface area contributed by atoms with Gasteiger partial charge in [-0.25, -0.2) is 4.79 Å². The van der Waals surface area contributed by atoms with Gasteiger partial charge in [0.25, 0.3) is 0 Å². The SMILES string of the molecule is CCCc1cc2c(C(=O)O)cccc2n1Cc1ccccc1Cl. The average Bonchev–Trinajstić information content (AvgIpc) is 2.87. The highest BCUT2D eigenvalue weighted by Gasteiger charge is 2.15. The highest BCUT2D eigenvalue weighted by atomic mass is 35.5. The van der Waals surface area contributed by atoms with Crippen molar-refractivity contribution in [2.45, 2.75) is 26.3 Å². The molecule has 3 aromatic rings. The van der Waals surface area contributed by atoms with Crippen LogP contribution in [-0.4, -0.2) is 15.6 Å². The lowest BCUT2D eigenvalue weighted by Gasteiger charge is -2.12. The van der Waals surface area contributed by atoms with Gasteiger partial charge in [0.1, 0.15) is 0 Å². The number of carbonyl (C=O) groups is 1. The maximum Gasteiger partial charge on any atom is 0.336 e. The number of halogens is 1. The number of fused-ring (bicyclic) bond motifs is 1. The van der Waals surface area contributed by atoms with Crippen LogP contribution in [0.1, 0.15) is 35.0 Å². The predicted molar refractivity (Wildman–Crippen MR) is 93.4 cm³/mol. The standard InChI is InChI=1S/C19H18ClNO2/c1-2-6-14-11-16-15(19(22)23)8-5-10-18(16)21(14)12-13-7-3-4-9-17(13)20/h3-5,7-11H,2,6,12H2,1H3,(H,22,23). The molecular weight excluding hydrogens is 310 g/mol. The summed E-state index contributed by atoms with van der Waals surface area (Å²) in [6.07, 6.45) is 1.90. The molecule has 2 aromatic carbocycles. The van der Waals surface area contributed by atoms with E-state index in [-0.39, 0.29) is 0 Å². The van der Waals surface area contributed by atoms with E-state index in [0.29, 0.717) is 12.1 Å². The van der Waals surface area contributed by atoms with Crippen molar-refractivity contribution in [3.8, 4) is 0 Å². The summed E-state index contributed by atoms with van der Waals surface area (Å²) in [6.45, 7) is 2.76. The first-order chi connectivity index (χ1) is 11.1. The Morgan fingerprint density at radius 3 is 2.65 bits per heavy atom. The van der Waals surface area contributed by atoms with E-state index in [1.807, 2.05) is 36.4 Å². The molecule has 0 spiro atoms. The van der Waals surface area contributed by atoms with Crippen molar-refractivity contribution in [3.63, 3.8) is 0 Å². The van der Waals surface area contributed by atoms with Gasteiger partial charge in [-0.1, -0.05) is 49.2 Å². The van der Waals surface area contributed by atoms with Crippen molar-refractivity contribution < 1.29 is 9.90 Å². The van der Waals surface area contributed by atoms with Gasteiger partial charge in [0, 0.05) is 28.2 Å². The summed E-state index contributed by atoms with van der Waals surface area (Å²) in [5, 5.41) is 10.9. The minimum atomic E-state index is -0.895. The summed E-state index contributed by atoms with van der Waals surface area (Å²) in [5.74, 6) is -0.895. The molecule has 1 aromatic heterocycles. The topological polar surface area (TPSA) is 42.2 Å². The molecule has 1 heterocycles. The molecule has 0 aliphatic rings. The van der Waals surface area contributed by atoms with E-state index in [4.69, 9.17) is 11.6 Å². The van der Waals surface area contributed by atoms with Gasteiger partial charge in [-0.15, -0.1) is 0 Å². The third-order valence-electron chi connectivity index (χ3n) is 4.05. The van der Waals surface area contributed by atoms with Crippen molar-refractivity contribution in [2.75, 3.05) is 0 Å². The number of aromatic carboxylic acids is 1. The van der Waals surface area contributed by atoms with E-state index >= 15 is 0 Å². The first-order valence-corrected chi connectivity index (χ1v) is 8.07. The molecule has 0 radical (unpaired) electrons. The Morgan fingerprint density at radius 1 is 1.17 bits per heavy atom. The second kappa shape index (κ2) is 6.47. The number of aryl methyl sites for hydroxylation is 1. The number of hydrogen-bond donors (Lipinski definition) is 1. The van der Waals surface area contributed by atoms with Crippen LogP contribution in [0.5, 0.6) is 0 Å². The Kier molecular flexibility index (Phi) is 4.39. The Balaban J connectivity index is 2.18. The van der Waals surface area contributed by atoms with E-state index in [1.54, 1.807) is 12.1 Å². The van der Waals surface area contributed by atoms with Gasteiger partial charge >= 0.3 is 5.97 Å². The summed E-state index contributed by atoms with van der Waals surface area (Å²) in [7, 11) is 0. The molecule has 118 valence electrons. The first kappa shape index (κ1) is 15.6. The van der Waals surface area contributed by atoms with Crippen molar-refractivity contribution in [2.24, 2.45) is 0 Å². The van der Waals surface area contributed by atoms with Crippen LogP contribution < -0.4 is 0 Å². The molecule has 0 amide bonds. The van der Waals surface area contributed by atoms with Gasteiger partial charge in [0.2, 0.25) is 0 Å². The Hall–Kier alpha value is -2.26. The van der Waals surface area contributed by atoms with Gasteiger partial charge in [-0.3, -0.25) is 0 Å². The maximum absolute atomic E-state index is 11.5. The van der Waals surface area contributed by atoms with Crippen LogP contribution in [0.25, 0.3) is 10.9 Å². The number of carboxylic acid groups (broad SMARTS) is 1. The molecule has 0 saturated heterocycles. The largest absolute Gasteiger partial charge is 0.478 e. The van der Waals surface area contributed by atoms with Crippen LogP contribution in [0.4, 0.5) is 0 Å². The Labute approximate surface area is 140 Å². The molecule has 0 aliphatic carbocycles. The number of hydrogen-bond acceptors (Lipinski definition) is 1. The lowest BCUT2D eigenvalue weighted by atomic mass is 10.1. The summed E-state index contributed by atoms with van der Waals surface area (Å²) in [4.78, 5) is 11.5. The first-order valence-electron chi connectivity index (χ1n) is 7.69. The smallest absolute Gasteiger partial charge is 0.336 e. The van der Waals surface area contributed by atoms with E-state index < -0.39 is 5.97 Å². The number of nitrogens with zero attached hydrogens (tertiary/aromatic N) is 1. The second-order valence-electron chi connectivity index (χ2n) is 5.61. The van der Waals surface area contributed by atoms with Crippen LogP contribution in [-0.2, 0) is 13.0 Å². The van der Waals surface area contributed by atoms with Crippen LogP contribution >= 0.6 is 11.6 Å². The van der Waals surface area contributed by atoms with E-state index in [9.17, 15) is 9.90 Å². The van der Waals surface area contributed by atoms with E-state index in [1.165, 1.54) is 0 Å². The normalized spacial score (nSPS) is 11.0. The highest BCUT2D eigenvalue weighted by Crippen LogP contribution is 2.27. The third kappa shape index (κ3) is 2.97. The van der Waals surface area contributed by atoms with Crippen LogP contribution in [0.15, 0.2) is 48.5 Å². The van der Waals surface area contributed by atoms with Crippen molar-refractivity contribution in [1.82, 2.24) is 4.57 Å². The quantitative estimate of drug-likeness (QED) is 0.717. The van der Waals surface area contributed by atoms with E-state index in [0.717, 1.165) is 40.0 Å². The van der Waals surface area contributed by atoms with Gasteiger partial charge in [0.05, 0.1) is 5.56 Å². The Morgan fingerprint density at radius 2 is 1.96 bits per heavy atom. The summed E-state index contributed by atoms with van der Waals surface area (Å²) < 4.78 is 2.17. The van der Waals surface area contributed by atoms with Crippen molar-refractivity contribution >= 4 is 28.5 Å². The molecule has 0 atom stereocenters. The maximum atomic E-state index is 11.5. The molecule has 0 saturated carbocycles. The van der Waals surface area contributed by atoms with Gasteiger partial charge in [0.15, 0.2) is 0 Å². The van der Waals surface area contributed by atoms with Crippen LogP contribution in [0, 0.1) is 0 Å². The monoisotopic (exact) mass is 327 g/mol. The fraction of sp³-hybridized carbons (Fsp3) is 0.211. The number of carboxylic acids is 1. The van der Waals surface area contributed by atoms with Gasteiger partial charge < -0.3 is 9.67 Å². The fourth-order valence-electron chi connectivity index (χ4n) is 2.97. The number of aromatic nitrogens is 1. The lowest BCUT2D eigenvalue weighted by Crippen LogP contribution is -2.05.